The molecule has 2 rings (SSSR count). The first kappa shape index (κ1) is 28.8. The zero-order valence-electron chi connectivity index (χ0n) is 18.2. The smallest absolute Gasteiger partial charge is 1.00 e. The van der Waals surface area contributed by atoms with Crippen molar-refractivity contribution in [2.45, 2.75) is 91.4 Å². The molecular weight excluding hydrogens is 454 g/mol. The van der Waals surface area contributed by atoms with Crippen LogP contribution in [0.3, 0.4) is 0 Å². The third kappa shape index (κ3) is 3.51. The second-order valence-electron chi connectivity index (χ2n) is 8.04. The van der Waals surface area contributed by atoms with Crippen molar-refractivity contribution < 1.29 is 51.0 Å². The Hall–Kier alpha value is 0.640. The molecule has 0 fully saturated rings. The predicted molar refractivity (Wildman–Crippen MR) is 105 cm³/mol. The van der Waals surface area contributed by atoms with E-state index in [0.717, 1.165) is 0 Å². The Kier molecular flexibility index (Phi) is 10.5. The summed E-state index contributed by atoms with van der Waals surface area (Å²) in [5.41, 5.74) is 8.78. The van der Waals surface area contributed by atoms with E-state index >= 15 is 0 Å². The van der Waals surface area contributed by atoms with Gasteiger partial charge in [0.15, 0.2) is 0 Å². The summed E-state index contributed by atoms with van der Waals surface area (Å²) < 4.78 is 0. The Morgan fingerprint density at radius 1 is 0.692 bits per heavy atom. The third-order valence-electron chi connectivity index (χ3n) is 7.75. The summed E-state index contributed by atoms with van der Waals surface area (Å²) in [6.45, 7) is 23.5. The van der Waals surface area contributed by atoms with Gasteiger partial charge in [-0.2, -0.15) is 22.3 Å². The van der Waals surface area contributed by atoms with E-state index < -0.39 is 8.07 Å². The molecule has 0 amide bonds. The normalized spacial score (nSPS) is 28.2. The van der Waals surface area contributed by atoms with Gasteiger partial charge in [-0.3, -0.25) is 12.2 Å². The maximum absolute atomic E-state index is 3.96. The molecule has 0 aliphatic heterocycles. The SMILES string of the molecule is CC[Si](CC)(C1(C)[C-]=C(C)C(C)=C1C)C1(C)[C-]=C(C)C(C)=C1C.[Cl-].[Cl-].[Zr+4]. The number of hydrogen-bond acceptors (Lipinski definition) is 0. The van der Waals surface area contributed by atoms with Crippen LogP contribution in [0.15, 0.2) is 33.4 Å². The molecular formula is C22H34Cl2SiZr. The van der Waals surface area contributed by atoms with Gasteiger partial charge in [-0.15, -0.1) is 13.8 Å². The van der Waals surface area contributed by atoms with Gasteiger partial charge in [-0.1, -0.05) is 77.6 Å². The summed E-state index contributed by atoms with van der Waals surface area (Å²) in [4.78, 5) is 0. The summed E-state index contributed by atoms with van der Waals surface area (Å²) in [5.74, 6) is 0. The molecule has 0 aromatic heterocycles. The van der Waals surface area contributed by atoms with Crippen LogP contribution in [0.5, 0.6) is 0 Å². The molecule has 2 unspecified atom stereocenters. The molecule has 0 bridgehead atoms. The first-order valence-corrected chi connectivity index (χ1v) is 11.5. The van der Waals surface area contributed by atoms with E-state index in [4.69, 9.17) is 0 Å². The van der Waals surface area contributed by atoms with Crippen molar-refractivity contribution in [1.29, 1.82) is 0 Å². The van der Waals surface area contributed by atoms with Gasteiger partial charge in [0.25, 0.3) is 0 Å². The van der Waals surface area contributed by atoms with Gasteiger partial charge in [-0.25, -0.2) is 11.1 Å². The van der Waals surface area contributed by atoms with Crippen molar-refractivity contribution in [2.75, 3.05) is 0 Å². The number of hydrogen-bond donors (Lipinski definition) is 0. The van der Waals surface area contributed by atoms with Gasteiger partial charge in [-0.05, 0) is 0 Å². The van der Waals surface area contributed by atoms with Gasteiger partial charge in [0, 0.05) is 8.07 Å². The number of rotatable bonds is 4. The Bertz CT molecular complexity index is 614. The van der Waals surface area contributed by atoms with Crippen LogP contribution in [-0.4, -0.2) is 8.07 Å². The number of allylic oxidation sites excluding steroid dienone is 8. The Labute approximate surface area is 195 Å². The molecule has 0 radical (unpaired) electrons. The first-order chi connectivity index (χ1) is 10.5. The molecule has 144 valence electrons. The van der Waals surface area contributed by atoms with E-state index in [1.807, 2.05) is 0 Å². The molecule has 4 heteroatoms. The molecule has 0 spiro atoms. The van der Waals surface area contributed by atoms with Crippen molar-refractivity contribution in [3.8, 4) is 0 Å². The molecule has 0 aromatic rings. The van der Waals surface area contributed by atoms with Gasteiger partial charge in [0.1, 0.15) is 0 Å². The number of halogens is 2. The van der Waals surface area contributed by atoms with Gasteiger partial charge < -0.3 is 24.8 Å². The Morgan fingerprint density at radius 2 is 0.962 bits per heavy atom. The van der Waals surface area contributed by atoms with E-state index in [9.17, 15) is 0 Å². The standard InChI is InChI=1S/C22H34Si.2ClH.Zr/c1-11-23(12-2,21(9)13-15(3)17(5)19(21)7)22(10)14-16(4)18(6)20(22)8;;;/h11-12H2,1-10H3;2*1H;/q-2;;;+4/p-2. The average Bonchev–Trinajstić information content (AvgIpc) is 2.82. The predicted octanol–water partition coefficient (Wildman–Crippen LogP) is 1.20. The summed E-state index contributed by atoms with van der Waals surface area (Å²) in [6, 6.07) is 2.54. The van der Waals surface area contributed by atoms with Gasteiger partial charge in [0.2, 0.25) is 0 Å². The summed E-state index contributed by atoms with van der Waals surface area (Å²) in [5, 5.41) is 0.219. The van der Waals surface area contributed by atoms with Crippen LogP contribution in [-0.2, 0) is 26.2 Å². The topological polar surface area (TPSA) is 0 Å². The molecule has 0 N–H and O–H groups in total. The van der Waals surface area contributed by atoms with E-state index in [2.05, 4.69) is 81.4 Å². The van der Waals surface area contributed by atoms with Crippen molar-refractivity contribution in [1.82, 2.24) is 0 Å². The monoisotopic (exact) mass is 486 g/mol. The van der Waals surface area contributed by atoms with Crippen LogP contribution in [0.25, 0.3) is 0 Å². The fraction of sp³-hybridized carbons (Fsp3) is 0.636. The first-order valence-electron chi connectivity index (χ1n) is 9.12. The zero-order chi connectivity index (χ0) is 17.8. The summed E-state index contributed by atoms with van der Waals surface area (Å²) >= 11 is 0. The maximum Gasteiger partial charge on any atom is 4.00 e. The minimum atomic E-state index is -1.80. The maximum atomic E-state index is 3.96. The van der Waals surface area contributed by atoms with E-state index in [1.54, 1.807) is 11.1 Å². The second-order valence-corrected chi connectivity index (χ2v) is 13.6. The third-order valence-corrected chi connectivity index (χ3v) is 15.0. The Morgan fingerprint density at radius 3 is 1.12 bits per heavy atom. The van der Waals surface area contributed by atoms with Gasteiger partial charge >= 0.3 is 26.2 Å². The van der Waals surface area contributed by atoms with Crippen molar-refractivity contribution in [2.24, 2.45) is 0 Å². The molecule has 2 atom stereocenters. The molecule has 0 nitrogen and oxygen atoms in total. The van der Waals surface area contributed by atoms with E-state index in [0.29, 0.717) is 0 Å². The van der Waals surface area contributed by atoms with Crippen LogP contribution >= 0.6 is 0 Å². The summed E-state index contributed by atoms with van der Waals surface area (Å²) in [7, 11) is -1.80. The minimum Gasteiger partial charge on any atom is -1.00 e. The molecule has 0 aromatic carbocycles. The molecule has 2 aliphatic carbocycles. The van der Waals surface area contributed by atoms with Crippen molar-refractivity contribution in [3.05, 3.63) is 45.6 Å². The summed E-state index contributed by atoms with van der Waals surface area (Å²) in [6.07, 6.45) is 7.91. The van der Waals surface area contributed by atoms with Crippen molar-refractivity contribution in [3.63, 3.8) is 0 Å². The quantitative estimate of drug-likeness (QED) is 0.412. The van der Waals surface area contributed by atoms with Gasteiger partial charge in [0.05, 0.1) is 0 Å². The molecule has 0 saturated heterocycles. The van der Waals surface area contributed by atoms with Crippen LogP contribution in [0, 0.1) is 12.2 Å². The minimum absolute atomic E-state index is 0. The average molecular weight is 489 g/mol. The van der Waals surface area contributed by atoms with Crippen LogP contribution in [0.4, 0.5) is 0 Å². The van der Waals surface area contributed by atoms with Crippen LogP contribution in [0.1, 0.15) is 69.2 Å². The molecule has 26 heavy (non-hydrogen) atoms. The largest absolute Gasteiger partial charge is 4.00 e. The van der Waals surface area contributed by atoms with Crippen LogP contribution in [0.2, 0.25) is 22.2 Å². The van der Waals surface area contributed by atoms with Crippen molar-refractivity contribution >= 4 is 8.07 Å². The molecule has 0 heterocycles. The molecule has 0 saturated carbocycles. The Balaban J connectivity index is 0. The zero-order valence-corrected chi connectivity index (χ0v) is 23.1. The van der Waals surface area contributed by atoms with E-state index in [-0.39, 0.29) is 61.1 Å². The fourth-order valence-corrected chi connectivity index (χ4v) is 12.6. The molecule has 2 aliphatic rings. The van der Waals surface area contributed by atoms with E-state index in [1.165, 1.54) is 34.4 Å². The fourth-order valence-electron chi connectivity index (χ4n) is 5.56. The second kappa shape index (κ2) is 9.43. The van der Waals surface area contributed by atoms with Crippen LogP contribution < -0.4 is 24.8 Å².